The van der Waals surface area contributed by atoms with E-state index in [0.29, 0.717) is 21.4 Å². The van der Waals surface area contributed by atoms with Gasteiger partial charge in [-0.15, -0.1) is 0 Å². The third-order valence-electron chi connectivity index (χ3n) is 4.81. The van der Waals surface area contributed by atoms with Crippen molar-refractivity contribution in [2.75, 3.05) is 5.32 Å². The lowest BCUT2D eigenvalue weighted by molar-refractivity contribution is 0.102. The monoisotopic (exact) mass is 435 g/mol. The number of halogens is 2. The van der Waals surface area contributed by atoms with Gasteiger partial charge in [-0.1, -0.05) is 59.1 Å². The maximum absolute atomic E-state index is 13.0. The summed E-state index contributed by atoms with van der Waals surface area (Å²) in [5.41, 5.74) is 5.60. The molecule has 0 atom stereocenters. The van der Waals surface area contributed by atoms with Crippen molar-refractivity contribution < 1.29 is 4.79 Å². The van der Waals surface area contributed by atoms with E-state index in [1.165, 1.54) is 0 Å². The maximum atomic E-state index is 13.0. The molecular weight excluding hydrogens is 417 g/mol. The van der Waals surface area contributed by atoms with Crippen molar-refractivity contribution in [3.05, 3.63) is 99.7 Å². The number of rotatable bonds is 4. The van der Waals surface area contributed by atoms with Gasteiger partial charge in [-0.05, 0) is 61.9 Å². The van der Waals surface area contributed by atoms with Gasteiger partial charge >= 0.3 is 0 Å². The van der Waals surface area contributed by atoms with E-state index in [4.69, 9.17) is 23.2 Å². The molecule has 1 aromatic heterocycles. The van der Waals surface area contributed by atoms with Crippen LogP contribution in [0.15, 0.2) is 72.8 Å². The number of nitrogens with zero attached hydrogens (tertiary/aromatic N) is 2. The van der Waals surface area contributed by atoms with Crippen LogP contribution < -0.4 is 5.32 Å². The number of carbonyl (C=O) groups excluding carboxylic acids is 1. The molecule has 0 saturated heterocycles. The van der Waals surface area contributed by atoms with Crippen LogP contribution in [-0.4, -0.2) is 15.7 Å². The Morgan fingerprint density at radius 2 is 1.53 bits per heavy atom. The van der Waals surface area contributed by atoms with Crippen molar-refractivity contribution >= 4 is 34.8 Å². The Morgan fingerprint density at radius 3 is 2.23 bits per heavy atom. The van der Waals surface area contributed by atoms with Crippen molar-refractivity contribution in [2.24, 2.45) is 0 Å². The first kappa shape index (κ1) is 20.2. The minimum atomic E-state index is -0.304. The number of nitrogens with one attached hydrogen (secondary N) is 1. The van der Waals surface area contributed by atoms with Crippen molar-refractivity contribution in [2.45, 2.75) is 13.8 Å². The van der Waals surface area contributed by atoms with E-state index < -0.39 is 0 Å². The molecule has 0 fully saturated rings. The third kappa shape index (κ3) is 4.25. The van der Waals surface area contributed by atoms with Crippen LogP contribution in [0, 0.1) is 13.8 Å². The SMILES string of the molecule is Cc1ccc(-n2nc(C(=O)Nc3cc(Cl)ccc3C)cc2-c2ccc(Cl)cc2)cc1. The maximum Gasteiger partial charge on any atom is 0.276 e. The lowest BCUT2D eigenvalue weighted by Gasteiger charge is -2.08. The molecule has 0 saturated carbocycles. The summed E-state index contributed by atoms with van der Waals surface area (Å²) >= 11 is 12.1. The van der Waals surface area contributed by atoms with Crippen LogP contribution in [0.1, 0.15) is 21.6 Å². The zero-order valence-electron chi connectivity index (χ0n) is 16.5. The predicted octanol–water partition coefficient (Wildman–Crippen LogP) is 6.72. The summed E-state index contributed by atoms with van der Waals surface area (Å²) in [6, 6.07) is 22.6. The Morgan fingerprint density at radius 1 is 0.867 bits per heavy atom. The summed E-state index contributed by atoms with van der Waals surface area (Å²) in [5, 5.41) is 8.71. The molecule has 150 valence electrons. The fraction of sp³-hybridized carbons (Fsp3) is 0.0833. The van der Waals surface area contributed by atoms with Gasteiger partial charge in [-0.2, -0.15) is 5.10 Å². The Labute approximate surface area is 185 Å². The second-order valence-electron chi connectivity index (χ2n) is 7.08. The molecule has 1 N–H and O–H groups in total. The molecule has 0 bridgehead atoms. The third-order valence-corrected chi connectivity index (χ3v) is 5.30. The first-order valence-electron chi connectivity index (χ1n) is 9.41. The van der Waals surface area contributed by atoms with Gasteiger partial charge in [-0.25, -0.2) is 4.68 Å². The zero-order chi connectivity index (χ0) is 21.3. The number of amides is 1. The van der Waals surface area contributed by atoms with Gasteiger partial charge in [-0.3, -0.25) is 4.79 Å². The molecule has 0 aliphatic heterocycles. The number of hydrogen-bond acceptors (Lipinski definition) is 2. The molecule has 4 rings (SSSR count). The van der Waals surface area contributed by atoms with E-state index in [2.05, 4.69) is 10.4 Å². The summed E-state index contributed by atoms with van der Waals surface area (Å²) in [6.07, 6.45) is 0. The zero-order valence-corrected chi connectivity index (χ0v) is 18.0. The second kappa shape index (κ2) is 8.34. The molecule has 1 amide bonds. The predicted molar refractivity (Wildman–Crippen MR) is 123 cm³/mol. The van der Waals surface area contributed by atoms with Crippen LogP contribution in [-0.2, 0) is 0 Å². The largest absolute Gasteiger partial charge is 0.320 e. The van der Waals surface area contributed by atoms with Crippen molar-refractivity contribution in [3.63, 3.8) is 0 Å². The summed E-state index contributed by atoms with van der Waals surface area (Å²) in [4.78, 5) is 13.0. The number of hydrogen-bond donors (Lipinski definition) is 1. The van der Waals surface area contributed by atoms with Gasteiger partial charge in [0.25, 0.3) is 5.91 Å². The molecular formula is C24H19Cl2N3O. The van der Waals surface area contributed by atoms with Crippen molar-refractivity contribution in [1.29, 1.82) is 0 Å². The summed E-state index contributed by atoms with van der Waals surface area (Å²) in [5.74, 6) is -0.304. The van der Waals surface area contributed by atoms with Crippen molar-refractivity contribution in [1.82, 2.24) is 9.78 Å². The fourth-order valence-electron chi connectivity index (χ4n) is 3.12. The van der Waals surface area contributed by atoms with E-state index in [-0.39, 0.29) is 5.91 Å². The fourth-order valence-corrected chi connectivity index (χ4v) is 3.41. The molecule has 3 aromatic carbocycles. The van der Waals surface area contributed by atoms with E-state index in [9.17, 15) is 4.79 Å². The van der Waals surface area contributed by atoms with E-state index in [1.807, 2.05) is 68.4 Å². The van der Waals surface area contributed by atoms with Crippen LogP contribution in [0.2, 0.25) is 10.0 Å². The Bertz CT molecular complexity index is 1150. The molecule has 0 radical (unpaired) electrons. The second-order valence-corrected chi connectivity index (χ2v) is 7.96. The number of anilines is 1. The molecule has 4 nitrogen and oxygen atoms in total. The number of carbonyl (C=O) groups is 1. The van der Waals surface area contributed by atoms with Gasteiger partial charge in [0, 0.05) is 21.3 Å². The van der Waals surface area contributed by atoms with Crippen LogP contribution in [0.25, 0.3) is 16.9 Å². The standard InChI is InChI=1S/C24H19Cl2N3O/c1-15-3-11-20(12-4-15)29-23(17-6-9-18(25)10-7-17)14-22(28-29)24(30)27-21-13-19(26)8-5-16(21)2/h3-14H,1-2H3,(H,27,30). The lowest BCUT2D eigenvalue weighted by Crippen LogP contribution is -2.14. The first-order valence-corrected chi connectivity index (χ1v) is 10.2. The topological polar surface area (TPSA) is 46.9 Å². The Balaban J connectivity index is 1.76. The molecule has 30 heavy (non-hydrogen) atoms. The number of aryl methyl sites for hydroxylation is 2. The minimum absolute atomic E-state index is 0.304. The van der Waals surface area contributed by atoms with Crippen LogP contribution >= 0.6 is 23.2 Å². The number of aromatic nitrogens is 2. The number of benzene rings is 3. The molecule has 0 unspecified atom stereocenters. The van der Waals surface area contributed by atoms with E-state index >= 15 is 0 Å². The van der Waals surface area contributed by atoms with Gasteiger partial charge in [0.1, 0.15) is 0 Å². The molecule has 0 aliphatic rings. The van der Waals surface area contributed by atoms with Gasteiger partial charge in [0.15, 0.2) is 5.69 Å². The summed E-state index contributed by atoms with van der Waals surface area (Å²) < 4.78 is 1.77. The minimum Gasteiger partial charge on any atom is -0.320 e. The van der Waals surface area contributed by atoms with Gasteiger partial charge in [0.2, 0.25) is 0 Å². The van der Waals surface area contributed by atoms with E-state index in [1.54, 1.807) is 22.9 Å². The molecule has 1 heterocycles. The lowest BCUT2D eigenvalue weighted by atomic mass is 10.1. The normalized spacial score (nSPS) is 10.8. The Kier molecular flexibility index (Phi) is 5.62. The van der Waals surface area contributed by atoms with Gasteiger partial charge < -0.3 is 5.32 Å². The molecule has 0 aliphatic carbocycles. The van der Waals surface area contributed by atoms with Crippen LogP contribution in [0.5, 0.6) is 0 Å². The molecule has 0 spiro atoms. The summed E-state index contributed by atoms with van der Waals surface area (Å²) in [7, 11) is 0. The highest BCUT2D eigenvalue weighted by Gasteiger charge is 2.18. The highest BCUT2D eigenvalue weighted by Crippen LogP contribution is 2.27. The van der Waals surface area contributed by atoms with Crippen LogP contribution in [0.4, 0.5) is 5.69 Å². The Hall–Kier alpha value is -3.08. The van der Waals surface area contributed by atoms with E-state index in [0.717, 1.165) is 28.1 Å². The average molecular weight is 436 g/mol. The molecule has 4 aromatic rings. The highest BCUT2D eigenvalue weighted by atomic mass is 35.5. The van der Waals surface area contributed by atoms with Gasteiger partial charge in [0.05, 0.1) is 11.4 Å². The van der Waals surface area contributed by atoms with Crippen molar-refractivity contribution in [3.8, 4) is 16.9 Å². The molecule has 6 heteroatoms. The quantitative estimate of drug-likeness (QED) is 0.386. The highest BCUT2D eigenvalue weighted by molar-refractivity contribution is 6.31. The average Bonchev–Trinajstić information content (AvgIpc) is 3.17. The summed E-state index contributed by atoms with van der Waals surface area (Å²) in [6.45, 7) is 3.94. The van der Waals surface area contributed by atoms with Crippen LogP contribution in [0.3, 0.4) is 0 Å². The smallest absolute Gasteiger partial charge is 0.276 e. The first-order chi connectivity index (χ1) is 14.4.